The van der Waals surface area contributed by atoms with E-state index in [4.69, 9.17) is 5.14 Å². The normalized spacial score (nSPS) is 13.6. The fraction of sp³-hybridized carbons (Fsp3) is 0.294. The van der Waals surface area contributed by atoms with Gasteiger partial charge in [-0.2, -0.15) is 0 Å². The number of rotatable bonds is 7. The standard InChI is InChI=1S/C17H22N2O4S2/c1-3-13(2)15-6-10-17(11-7-15)25(22,23)19-12-14-4-8-16(9-5-14)24(18,20)21/h4-11,13,19H,3,12H2,1-2H3,(H2,18,20,21)/t13-/m1/s1. The van der Waals surface area contributed by atoms with E-state index in [9.17, 15) is 16.8 Å². The van der Waals surface area contributed by atoms with Crippen molar-refractivity contribution in [2.75, 3.05) is 0 Å². The molecule has 0 aliphatic carbocycles. The lowest BCUT2D eigenvalue weighted by Gasteiger charge is -2.11. The molecular formula is C17H22N2O4S2. The quantitative estimate of drug-likeness (QED) is 0.766. The monoisotopic (exact) mass is 382 g/mol. The second-order valence-corrected chi connectivity index (χ2v) is 9.22. The van der Waals surface area contributed by atoms with Crippen LogP contribution in [-0.4, -0.2) is 16.8 Å². The maximum atomic E-state index is 12.4. The van der Waals surface area contributed by atoms with Crippen LogP contribution in [0.15, 0.2) is 58.3 Å². The Hall–Kier alpha value is -1.74. The molecule has 0 aromatic heterocycles. The number of benzene rings is 2. The van der Waals surface area contributed by atoms with Crippen molar-refractivity contribution in [3.63, 3.8) is 0 Å². The molecule has 3 N–H and O–H groups in total. The van der Waals surface area contributed by atoms with Crippen LogP contribution in [0.25, 0.3) is 0 Å². The lowest BCUT2D eigenvalue weighted by atomic mass is 9.99. The van der Waals surface area contributed by atoms with Gasteiger partial charge in [0.2, 0.25) is 20.0 Å². The molecule has 0 amide bonds. The molecule has 0 aliphatic heterocycles. The van der Waals surface area contributed by atoms with Crippen molar-refractivity contribution in [1.29, 1.82) is 0 Å². The molecule has 2 rings (SSSR count). The number of nitrogens with two attached hydrogens (primary N) is 1. The van der Waals surface area contributed by atoms with Crippen molar-refractivity contribution in [2.45, 2.75) is 42.5 Å². The third-order valence-electron chi connectivity index (χ3n) is 4.09. The van der Waals surface area contributed by atoms with Gasteiger partial charge in [-0.1, -0.05) is 38.1 Å². The molecule has 0 saturated heterocycles. The molecule has 0 bridgehead atoms. The molecule has 2 aromatic carbocycles. The highest BCUT2D eigenvalue weighted by Gasteiger charge is 2.15. The average molecular weight is 383 g/mol. The fourth-order valence-corrected chi connectivity index (χ4v) is 3.80. The Balaban J connectivity index is 2.08. The van der Waals surface area contributed by atoms with Crippen LogP contribution < -0.4 is 9.86 Å². The van der Waals surface area contributed by atoms with Crippen LogP contribution >= 0.6 is 0 Å². The van der Waals surface area contributed by atoms with Gasteiger partial charge in [-0.25, -0.2) is 26.7 Å². The first-order valence-electron chi connectivity index (χ1n) is 7.85. The van der Waals surface area contributed by atoms with E-state index in [0.29, 0.717) is 11.5 Å². The molecular weight excluding hydrogens is 360 g/mol. The van der Waals surface area contributed by atoms with Crippen molar-refractivity contribution < 1.29 is 16.8 Å². The number of hydrogen-bond donors (Lipinski definition) is 2. The Labute approximate surface area is 149 Å². The molecule has 0 heterocycles. The zero-order chi connectivity index (χ0) is 18.7. The van der Waals surface area contributed by atoms with Crippen LogP contribution in [-0.2, 0) is 26.6 Å². The fourth-order valence-electron chi connectivity index (χ4n) is 2.27. The SMILES string of the molecule is CC[C@@H](C)c1ccc(S(=O)(=O)NCc2ccc(S(N)(=O)=O)cc2)cc1. The molecule has 6 nitrogen and oxygen atoms in total. The molecule has 2 aromatic rings. The van der Waals surface area contributed by atoms with Crippen LogP contribution in [0, 0.1) is 0 Å². The summed E-state index contributed by atoms with van der Waals surface area (Å²) in [7, 11) is -7.40. The average Bonchev–Trinajstić information content (AvgIpc) is 2.59. The largest absolute Gasteiger partial charge is 0.240 e. The summed E-state index contributed by atoms with van der Waals surface area (Å²) in [4.78, 5) is 0.181. The first kappa shape index (κ1) is 19.6. The summed E-state index contributed by atoms with van der Waals surface area (Å²) in [6, 6.07) is 12.6. The Bertz CT molecular complexity index is 920. The molecule has 136 valence electrons. The highest BCUT2D eigenvalue weighted by Crippen LogP contribution is 2.20. The minimum absolute atomic E-state index is 0.0141. The number of hydrogen-bond acceptors (Lipinski definition) is 4. The lowest BCUT2D eigenvalue weighted by Crippen LogP contribution is -2.23. The molecule has 0 aliphatic rings. The molecule has 0 spiro atoms. The van der Waals surface area contributed by atoms with Crippen LogP contribution in [0.5, 0.6) is 0 Å². The molecule has 0 fully saturated rings. The van der Waals surface area contributed by atoms with Gasteiger partial charge < -0.3 is 0 Å². The zero-order valence-electron chi connectivity index (χ0n) is 14.1. The maximum absolute atomic E-state index is 12.4. The van der Waals surface area contributed by atoms with E-state index < -0.39 is 20.0 Å². The van der Waals surface area contributed by atoms with Gasteiger partial charge in [0.15, 0.2) is 0 Å². The minimum atomic E-state index is -3.76. The van der Waals surface area contributed by atoms with E-state index in [0.717, 1.165) is 12.0 Å². The summed E-state index contributed by atoms with van der Waals surface area (Å²) in [5.74, 6) is 0.377. The lowest BCUT2D eigenvalue weighted by molar-refractivity contribution is 0.580. The molecule has 0 radical (unpaired) electrons. The summed E-state index contributed by atoms with van der Waals surface area (Å²) in [5.41, 5.74) is 1.73. The van der Waals surface area contributed by atoms with Gasteiger partial charge in [0.05, 0.1) is 9.79 Å². The predicted molar refractivity (Wildman–Crippen MR) is 97.0 cm³/mol. The summed E-state index contributed by atoms with van der Waals surface area (Å²) in [5, 5.41) is 5.03. The zero-order valence-corrected chi connectivity index (χ0v) is 15.8. The molecule has 1 atom stereocenters. The molecule has 8 heteroatoms. The van der Waals surface area contributed by atoms with Gasteiger partial charge in [-0.15, -0.1) is 0 Å². The Kier molecular flexibility index (Phi) is 5.99. The minimum Gasteiger partial charge on any atom is -0.225 e. The number of nitrogens with one attached hydrogen (secondary N) is 1. The van der Waals surface area contributed by atoms with Gasteiger partial charge >= 0.3 is 0 Å². The van der Waals surface area contributed by atoms with E-state index in [1.807, 2.05) is 12.1 Å². The van der Waals surface area contributed by atoms with E-state index in [1.165, 1.54) is 24.3 Å². The van der Waals surface area contributed by atoms with Crippen molar-refractivity contribution in [3.05, 3.63) is 59.7 Å². The Morgan fingerprint density at radius 2 is 1.44 bits per heavy atom. The van der Waals surface area contributed by atoms with Gasteiger partial charge in [-0.3, -0.25) is 0 Å². The highest BCUT2D eigenvalue weighted by atomic mass is 32.2. The van der Waals surface area contributed by atoms with Crippen molar-refractivity contribution in [1.82, 2.24) is 4.72 Å². The number of primary sulfonamides is 1. The summed E-state index contributed by atoms with van der Waals surface area (Å²) in [6.07, 6.45) is 0.985. The summed E-state index contributed by atoms with van der Waals surface area (Å²) in [6.45, 7) is 4.23. The summed E-state index contributed by atoms with van der Waals surface area (Å²) >= 11 is 0. The highest BCUT2D eigenvalue weighted by molar-refractivity contribution is 7.89. The third-order valence-corrected chi connectivity index (χ3v) is 6.44. The first-order chi connectivity index (χ1) is 11.6. The smallest absolute Gasteiger partial charge is 0.225 e. The van der Waals surface area contributed by atoms with Gasteiger partial charge in [0.25, 0.3) is 0 Å². The molecule has 0 unspecified atom stereocenters. The number of sulfonamides is 2. The van der Waals surface area contributed by atoms with E-state index >= 15 is 0 Å². The second-order valence-electron chi connectivity index (χ2n) is 5.89. The first-order valence-corrected chi connectivity index (χ1v) is 10.9. The van der Waals surface area contributed by atoms with Crippen molar-refractivity contribution in [2.24, 2.45) is 5.14 Å². The van der Waals surface area contributed by atoms with Crippen LogP contribution in [0.2, 0.25) is 0 Å². The Morgan fingerprint density at radius 3 is 1.92 bits per heavy atom. The van der Waals surface area contributed by atoms with E-state index in [1.54, 1.807) is 12.1 Å². The molecule has 25 heavy (non-hydrogen) atoms. The van der Waals surface area contributed by atoms with Crippen LogP contribution in [0.1, 0.15) is 37.3 Å². The van der Waals surface area contributed by atoms with Gasteiger partial charge in [-0.05, 0) is 47.7 Å². The van der Waals surface area contributed by atoms with E-state index in [-0.39, 0.29) is 16.3 Å². The molecule has 0 saturated carbocycles. The van der Waals surface area contributed by atoms with E-state index in [2.05, 4.69) is 18.6 Å². The van der Waals surface area contributed by atoms with Gasteiger partial charge in [0, 0.05) is 6.54 Å². The van der Waals surface area contributed by atoms with Gasteiger partial charge in [0.1, 0.15) is 0 Å². The predicted octanol–water partition coefficient (Wildman–Crippen LogP) is 2.33. The maximum Gasteiger partial charge on any atom is 0.240 e. The van der Waals surface area contributed by atoms with Crippen LogP contribution in [0.3, 0.4) is 0 Å². The van der Waals surface area contributed by atoms with Crippen molar-refractivity contribution >= 4 is 20.0 Å². The summed E-state index contributed by atoms with van der Waals surface area (Å²) < 4.78 is 49.6. The second kappa shape index (κ2) is 7.65. The van der Waals surface area contributed by atoms with Crippen molar-refractivity contribution in [3.8, 4) is 0 Å². The topological polar surface area (TPSA) is 106 Å². The van der Waals surface area contributed by atoms with Crippen LogP contribution in [0.4, 0.5) is 0 Å². The Morgan fingerprint density at radius 1 is 0.920 bits per heavy atom. The third kappa shape index (κ3) is 5.12.